The molecular weight excluding hydrogens is 440 g/mol. The van der Waals surface area contributed by atoms with Crippen molar-refractivity contribution in [3.05, 3.63) is 59.7 Å². The van der Waals surface area contributed by atoms with Crippen molar-refractivity contribution >= 4 is 17.6 Å². The summed E-state index contributed by atoms with van der Waals surface area (Å²) in [6.45, 7) is 2.43. The van der Waals surface area contributed by atoms with E-state index in [0.29, 0.717) is 6.04 Å². The van der Waals surface area contributed by atoms with Gasteiger partial charge in [-0.3, -0.25) is 4.79 Å². The first-order valence-electron chi connectivity index (χ1n) is 11.8. The first-order valence-corrected chi connectivity index (χ1v) is 11.8. The minimum absolute atomic E-state index is 0.0535. The standard InChI is InChI=1S/C25H27F2N5O2/c26-21-6-2-1-5-19(21)23(33)28-17-9-12-20(22(27)15-17)24-30-31-25(34-24)29-16-7-10-18(11-8-16)32-13-3-4-14-32/h1-2,5-6,9,12,15-16,18H,3-4,7-8,10-11,13-14H2,(H,28,33)(H,29,31). The highest BCUT2D eigenvalue weighted by Crippen LogP contribution is 2.29. The highest BCUT2D eigenvalue weighted by molar-refractivity contribution is 6.04. The van der Waals surface area contributed by atoms with Crippen LogP contribution in [0.3, 0.4) is 0 Å². The Morgan fingerprint density at radius 1 is 0.971 bits per heavy atom. The lowest BCUT2D eigenvalue weighted by molar-refractivity contribution is 0.102. The van der Waals surface area contributed by atoms with Gasteiger partial charge in [-0.15, -0.1) is 5.10 Å². The van der Waals surface area contributed by atoms with Gasteiger partial charge in [0, 0.05) is 17.8 Å². The molecule has 0 spiro atoms. The number of hydrogen-bond acceptors (Lipinski definition) is 6. The van der Waals surface area contributed by atoms with Gasteiger partial charge in [-0.2, -0.15) is 0 Å². The predicted octanol–water partition coefficient (Wildman–Crippen LogP) is 5.09. The average molecular weight is 468 g/mol. The molecule has 2 fully saturated rings. The van der Waals surface area contributed by atoms with Crippen LogP contribution < -0.4 is 10.6 Å². The van der Waals surface area contributed by atoms with Gasteiger partial charge in [0.15, 0.2) is 0 Å². The molecular formula is C25H27F2N5O2. The zero-order chi connectivity index (χ0) is 23.5. The van der Waals surface area contributed by atoms with Gasteiger partial charge in [0.1, 0.15) is 11.6 Å². The number of carbonyl (C=O) groups excluding carboxylic acids is 1. The number of amides is 1. The molecule has 1 aromatic heterocycles. The van der Waals surface area contributed by atoms with Gasteiger partial charge in [-0.25, -0.2) is 8.78 Å². The molecule has 1 saturated carbocycles. The van der Waals surface area contributed by atoms with Crippen LogP contribution in [-0.4, -0.2) is 46.2 Å². The van der Waals surface area contributed by atoms with Crippen LogP contribution in [0.1, 0.15) is 48.9 Å². The summed E-state index contributed by atoms with van der Waals surface area (Å²) < 4.78 is 34.2. The molecule has 2 heterocycles. The molecule has 1 amide bonds. The van der Waals surface area contributed by atoms with Crippen LogP contribution in [0, 0.1) is 11.6 Å². The minimum Gasteiger partial charge on any atom is -0.403 e. The maximum atomic E-state index is 14.7. The number of aromatic nitrogens is 2. The lowest BCUT2D eigenvalue weighted by Crippen LogP contribution is -2.38. The number of anilines is 2. The van der Waals surface area contributed by atoms with E-state index in [2.05, 4.69) is 25.7 Å². The van der Waals surface area contributed by atoms with Crippen LogP contribution >= 0.6 is 0 Å². The number of nitrogens with zero attached hydrogens (tertiary/aromatic N) is 3. The number of halogens is 2. The van der Waals surface area contributed by atoms with Crippen molar-refractivity contribution < 1.29 is 18.0 Å². The Kier molecular flexibility index (Phi) is 6.53. The van der Waals surface area contributed by atoms with Crippen molar-refractivity contribution in [2.24, 2.45) is 0 Å². The van der Waals surface area contributed by atoms with E-state index in [0.717, 1.165) is 31.7 Å². The van der Waals surface area contributed by atoms with Gasteiger partial charge >= 0.3 is 6.01 Å². The normalized spacial score (nSPS) is 20.9. The molecule has 3 aromatic rings. The topological polar surface area (TPSA) is 83.3 Å². The van der Waals surface area contributed by atoms with Gasteiger partial charge in [-0.1, -0.05) is 17.2 Å². The summed E-state index contributed by atoms with van der Waals surface area (Å²) in [4.78, 5) is 14.9. The third-order valence-electron chi connectivity index (χ3n) is 6.68. The van der Waals surface area contributed by atoms with Gasteiger partial charge in [0.05, 0.1) is 11.1 Å². The van der Waals surface area contributed by atoms with Crippen LogP contribution in [-0.2, 0) is 0 Å². The van der Waals surface area contributed by atoms with Crippen molar-refractivity contribution in [1.29, 1.82) is 0 Å². The molecule has 178 valence electrons. The molecule has 0 bridgehead atoms. The molecule has 0 unspecified atom stereocenters. The van der Waals surface area contributed by atoms with E-state index >= 15 is 0 Å². The zero-order valence-electron chi connectivity index (χ0n) is 18.8. The molecule has 1 saturated heterocycles. The fourth-order valence-electron chi connectivity index (χ4n) is 4.87. The second-order valence-electron chi connectivity index (χ2n) is 8.93. The number of hydrogen-bond donors (Lipinski definition) is 2. The van der Waals surface area contributed by atoms with Crippen LogP contribution in [0.4, 0.5) is 20.5 Å². The molecule has 5 rings (SSSR count). The molecule has 7 nitrogen and oxygen atoms in total. The quantitative estimate of drug-likeness (QED) is 0.526. The third-order valence-corrected chi connectivity index (χ3v) is 6.68. The molecule has 0 atom stereocenters. The monoisotopic (exact) mass is 467 g/mol. The predicted molar refractivity (Wildman–Crippen MR) is 125 cm³/mol. The Balaban J connectivity index is 1.19. The minimum atomic E-state index is -0.658. The van der Waals surface area contributed by atoms with E-state index in [9.17, 15) is 13.6 Å². The van der Waals surface area contributed by atoms with Crippen LogP contribution in [0.5, 0.6) is 0 Å². The van der Waals surface area contributed by atoms with E-state index in [4.69, 9.17) is 4.42 Å². The van der Waals surface area contributed by atoms with E-state index in [1.54, 1.807) is 6.07 Å². The van der Waals surface area contributed by atoms with Crippen LogP contribution in [0.25, 0.3) is 11.5 Å². The Morgan fingerprint density at radius 2 is 1.74 bits per heavy atom. The van der Waals surface area contributed by atoms with Gasteiger partial charge in [0.25, 0.3) is 11.8 Å². The van der Waals surface area contributed by atoms with Crippen LogP contribution in [0.2, 0.25) is 0 Å². The van der Waals surface area contributed by atoms with Crippen molar-refractivity contribution in [1.82, 2.24) is 15.1 Å². The Hall–Kier alpha value is -3.33. The van der Waals surface area contributed by atoms with E-state index < -0.39 is 17.5 Å². The van der Waals surface area contributed by atoms with Crippen molar-refractivity contribution in [3.63, 3.8) is 0 Å². The molecule has 34 heavy (non-hydrogen) atoms. The zero-order valence-corrected chi connectivity index (χ0v) is 18.8. The molecule has 2 aromatic carbocycles. The van der Waals surface area contributed by atoms with Crippen LogP contribution in [0.15, 0.2) is 46.9 Å². The number of carbonyl (C=O) groups is 1. The highest BCUT2D eigenvalue weighted by Gasteiger charge is 2.28. The molecule has 0 radical (unpaired) electrons. The highest BCUT2D eigenvalue weighted by atomic mass is 19.1. The summed E-state index contributed by atoms with van der Waals surface area (Å²) in [5, 5.41) is 13.8. The van der Waals surface area contributed by atoms with Gasteiger partial charge in [0.2, 0.25) is 0 Å². The largest absolute Gasteiger partial charge is 0.403 e. The lowest BCUT2D eigenvalue weighted by atomic mass is 9.90. The van der Waals surface area contributed by atoms with Crippen molar-refractivity contribution in [2.45, 2.75) is 50.6 Å². The SMILES string of the molecule is O=C(Nc1ccc(-c2nnc(NC3CCC(N4CCCC4)CC3)o2)c(F)c1)c1ccccc1F. The number of rotatable bonds is 6. The maximum Gasteiger partial charge on any atom is 0.315 e. The summed E-state index contributed by atoms with van der Waals surface area (Å²) in [6, 6.07) is 10.9. The second-order valence-corrected chi connectivity index (χ2v) is 8.93. The van der Waals surface area contributed by atoms with E-state index in [-0.39, 0.29) is 34.8 Å². The smallest absolute Gasteiger partial charge is 0.315 e. The molecule has 2 N–H and O–H groups in total. The average Bonchev–Trinajstić information content (AvgIpc) is 3.53. The Bertz CT molecular complexity index is 1150. The first-order chi connectivity index (χ1) is 16.6. The van der Waals surface area contributed by atoms with E-state index in [1.165, 1.54) is 56.3 Å². The summed E-state index contributed by atoms with van der Waals surface area (Å²) >= 11 is 0. The molecule has 9 heteroatoms. The van der Waals surface area contributed by atoms with Crippen molar-refractivity contribution in [2.75, 3.05) is 23.7 Å². The summed E-state index contributed by atoms with van der Waals surface area (Å²) in [5.41, 5.74) is 0.207. The molecule has 1 aliphatic heterocycles. The first kappa shape index (κ1) is 22.5. The Labute approximate surface area is 196 Å². The van der Waals surface area contributed by atoms with Crippen molar-refractivity contribution in [3.8, 4) is 11.5 Å². The van der Waals surface area contributed by atoms with Gasteiger partial charge < -0.3 is 20.0 Å². The van der Waals surface area contributed by atoms with Gasteiger partial charge in [-0.05, 0) is 81.9 Å². The fourth-order valence-corrected chi connectivity index (χ4v) is 4.87. The maximum absolute atomic E-state index is 14.7. The second kappa shape index (κ2) is 9.89. The third kappa shape index (κ3) is 4.94. The summed E-state index contributed by atoms with van der Waals surface area (Å²) in [7, 11) is 0. The Morgan fingerprint density at radius 3 is 2.47 bits per heavy atom. The number of likely N-dealkylation sites (tertiary alicyclic amines) is 1. The van der Waals surface area contributed by atoms with E-state index in [1.807, 2.05) is 0 Å². The molecule has 2 aliphatic rings. The summed E-state index contributed by atoms with van der Waals surface area (Å²) in [6.07, 6.45) is 6.96. The fraction of sp³-hybridized carbons (Fsp3) is 0.400. The number of benzene rings is 2. The lowest BCUT2D eigenvalue weighted by Gasteiger charge is -2.34. The summed E-state index contributed by atoms with van der Waals surface area (Å²) in [5.74, 6) is -1.88. The molecule has 1 aliphatic carbocycles. The number of nitrogens with one attached hydrogen (secondary N) is 2.